The molecule has 1 aromatic heterocycles. The number of likely N-dealkylation sites (tertiary alicyclic amines) is 1. The first kappa shape index (κ1) is 15.8. The number of hydrogen-bond donors (Lipinski definition) is 2. The van der Waals surface area contributed by atoms with Crippen LogP contribution in [0.3, 0.4) is 0 Å². The molecular weight excluding hydrogens is 266 g/mol. The average molecular weight is 293 g/mol. The van der Waals surface area contributed by atoms with Crippen molar-refractivity contribution in [1.29, 1.82) is 0 Å². The molecule has 0 radical (unpaired) electrons. The van der Waals surface area contributed by atoms with E-state index in [0.29, 0.717) is 23.8 Å². The van der Waals surface area contributed by atoms with E-state index in [4.69, 9.17) is 5.73 Å². The summed E-state index contributed by atoms with van der Waals surface area (Å²) in [4.78, 5) is 14.8. The van der Waals surface area contributed by atoms with E-state index in [9.17, 15) is 4.79 Å². The number of nitrogens with zero attached hydrogens (tertiary/aromatic N) is 3. The smallest absolute Gasteiger partial charge is 0.271 e. The van der Waals surface area contributed by atoms with Crippen molar-refractivity contribution in [3.8, 4) is 0 Å². The lowest BCUT2D eigenvalue weighted by atomic mass is 9.97. The minimum absolute atomic E-state index is 0.104. The van der Waals surface area contributed by atoms with E-state index in [1.165, 1.54) is 0 Å². The summed E-state index contributed by atoms with van der Waals surface area (Å²) in [5, 5.41) is 7.32. The SMILES string of the molecule is CCN1CCC(CNC(=O)c2c(N)c(C)nn2CC)CC1. The number of rotatable bonds is 5. The summed E-state index contributed by atoms with van der Waals surface area (Å²) in [6, 6.07) is 0. The molecular formula is C15H27N5O. The normalized spacial score (nSPS) is 17.1. The first-order valence-corrected chi connectivity index (χ1v) is 7.90. The largest absolute Gasteiger partial charge is 0.395 e. The fourth-order valence-corrected chi connectivity index (χ4v) is 2.89. The lowest BCUT2D eigenvalue weighted by Gasteiger charge is -2.31. The number of carbonyl (C=O) groups is 1. The van der Waals surface area contributed by atoms with Crippen LogP contribution >= 0.6 is 0 Å². The Morgan fingerprint density at radius 3 is 2.57 bits per heavy atom. The summed E-state index contributed by atoms with van der Waals surface area (Å²) >= 11 is 0. The molecule has 118 valence electrons. The maximum atomic E-state index is 12.4. The number of aromatic nitrogens is 2. The molecule has 1 fully saturated rings. The highest BCUT2D eigenvalue weighted by molar-refractivity contribution is 5.97. The van der Waals surface area contributed by atoms with Gasteiger partial charge in [0.15, 0.2) is 0 Å². The van der Waals surface area contributed by atoms with Gasteiger partial charge in [-0.05, 0) is 52.2 Å². The van der Waals surface area contributed by atoms with Crippen molar-refractivity contribution in [1.82, 2.24) is 20.0 Å². The molecule has 1 amide bonds. The molecule has 1 aliphatic heterocycles. The van der Waals surface area contributed by atoms with E-state index < -0.39 is 0 Å². The van der Waals surface area contributed by atoms with Crippen LogP contribution in [0.1, 0.15) is 42.9 Å². The van der Waals surface area contributed by atoms with Gasteiger partial charge in [0.25, 0.3) is 5.91 Å². The van der Waals surface area contributed by atoms with Crippen molar-refractivity contribution in [3.05, 3.63) is 11.4 Å². The van der Waals surface area contributed by atoms with Crippen LogP contribution < -0.4 is 11.1 Å². The van der Waals surface area contributed by atoms with Gasteiger partial charge in [-0.1, -0.05) is 6.92 Å². The summed E-state index contributed by atoms with van der Waals surface area (Å²) in [6.45, 7) is 10.7. The van der Waals surface area contributed by atoms with Gasteiger partial charge in [-0.2, -0.15) is 5.10 Å². The van der Waals surface area contributed by atoms with Gasteiger partial charge in [0.05, 0.1) is 11.4 Å². The molecule has 6 heteroatoms. The van der Waals surface area contributed by atoms with E-state index in [1.807, 2.05) is 13.8 Å². The van der Waals surface area contributed by atoms with Gasteiger partial charge in [-0.3, -0.25) is 9.48 Å². The molecule has 1 saturated heterocycles. The maximum Gasteiger partial charge on any atom is 0.271 e. The Kier molecular flexibility index (Phi) is 5.22. The second-order valence-corrected chi connectivity index (χ2v) is 5.75. The van der Waals surface area contributed by atoms with Gasteiger partial charge >= 0.3 is 0 Å². The molecule has 21 heavy (non-hydrogen) atoms. The third-order valence-electron chi connectivity index (χ3n) is 4.39. The van der Waals surface area contributed by atoms with Crippen molar-refractivity contribution in [2.75, 3.05) is 31.9 Å². The summed E-state index contributed by atoms with van der Waals surface area (Å²) in [5.41, 5.74) is 7.69. The molecule has 0 aliphatic carbocycles. The zero-order valence-corrected chi connectivity index (χ0v) is 13.4. The summed E-state index contributed by atoms with van der Waals surface area (Å²) in [6.07, 6.45) is 2.30. The van der Waals surface area contributed by atoms with Gasteiger partial charge in [0, 0.05) is 13.1 Å². The first-order chi connectivity index (χ1) is 10.1. The topological polar surface area (TPSA) is 76.2 Å². The molecule has 1 aliphatic rings. The Morgan fingerprint density at radius 1 is 1.33 bits per heavy atom. The lowest BCUT2D eigenvalue weighted by Crippen LogP contribution is -2.39. The molecule has 0 spiro atoms. The molecule has 0 unspecified atom stereocenters. The number of aryl methyl sites for hydroxylation is 2. The Bertz CT molecular complexity index is 488. The zero-order valence-electron chi connectivity index (χ0n) is 13.4. The number of nitrogen functional groups attached to an aromatic ring is 1. The van der Waals surface area contributed by atoms with Gasteiger partial charge in [0.2, 0.25) is 0 Å². The maximum absolute atomic E-state index is 12.4. The highest BCUT2D eigenvalue weighted by Crippen LogP contribution is 2.18. The van der Waals surface area contributed by atoms with E-state index in [2.05, 4.69) is 22.2 Å². The van der Waals surface area contributed by atoms with E-state index >= 15 is 0 Å². The fraction of sp³-hybridized carbons (Fsp3) is 0.733. The Morgan fingerprint density at radius 2 is 2.00 bits per heavy atom. The Balaban J connectivity index is 1.91. The van der Waals surface area contributed by atoms with Crippen LogP contribution in [0.4, 0.5) is 5.69 Å². The monoisotopic (exact) mass is 293 g/mol. The van der Waals surface area contributed by atoms with Crippen LogP contribution in [0.25, 0.3) is 0 Å². The van der Waals surface area contributed by atoms with Crippen LogP contribution in [-0.2, 0) is 6.54 Å². The number of amides is 1. The van der Waals surface area contributed by atoms with Gasteiger partial charge < -0.3 is 16.0 Å². The second kappa shape index (κ2) is 6.93. The quantitative estimate of drug-likeness (QED) is 0.857. The van der Waals surface area contributed by atoms with E-state index in [-0.39, 0.29) is 5.91 Å². The zero-order chi connectivity index (χ0) is 15.4. The number of nitrogens with two attached hydrogens (primary N) is 1. The van der Waals surface area contributed by atoms with Crippen LogP contribution in [0.5, 0.6) is 0 Å². The number of piperidine rings is 1. The van der Waals surface area contributed by atoms with Crippen molar-refractivity contribution in [2.24, 2.45) is 5.92 Å². The summed E-state index contributed by atoms with van der Waals surface area (Å²) in [5.74, 6) is 0.463. The molecule has 6 nitrogen and oxygen atoms in total. The molecule has 1 aromatic rings. The highest BCUT2D eigenvalue weighted by Gasteiger charge is 2.22. The number of nitrogens with one attached hydrogen (secondary N) is 1. The molecule has 0 atom stereocenters. The van der Waals surface area contributed by atoms with Gasteiger partial charge in [0.1, 0.15) is 5.69 Å². The Hall–Kier alpha value is -1.56. The standard InChI is InChI=1S/C15H27N5O/c1-4-19-8-6-12(7-9-19)10-17-15(21)14-13(16)11(3)18-20(14)5-2/h12H,4-10,16H2,1-3H3,(H,17,21). The molecule has 0 aromatic carbocycles. The van der Waals surface area contributed by atoms with Crippen LogP contribution in [-0.4, -0.2) is 46.8 Å². The van der Waals surface area contributed by atoms with E-state index in [1.54, 1.807) is 4.68 Å². The first-order valence-electron chi connectivity index (χ1n) is 7.90. The minimum atomic E-state index is -0.104. The van der Waals surface area contributed by atoms with Crippen molar-refractivity contribution >= 4 is 11.6 Å². The number of carbonyl (C=O) groups excluding carboxylic acids is 1. The summed E-state index contributed by atoms with van der Waals surface area (Å²) < 4.78 is 1.68. The third kappa shape index (κ3) is 3.56. The second-order valence-electron chi connectivity index (χ2n) is 5.75. The summed E-state index contributed by atoms with van der Waals surface area (Å²) in [7, 11) is 0. The molecule has 0 bridgehead atoms. The predicted octanol–water partition coefficient (Wildman–Crippen LogP) is 1.26. The Labute approximate surface area is 126 Å². The average Bonchev–Trinajstić information content (AvgIpc) is 2.80. The van der Waals surface area contributed by atoms with Gasteiger partial charge in [-0.15, -0.1) is 0 Å². The van der Waals surface area contributed by atoms with Crippen LogP contribution in [0, 0.1) is 12.8 Å². The molecule has 2 heterocycles. The predicted molar refractivity (Wildman–Crippen MR) is 84.2 cm³/mol. The van der Waals surface area contributed by atoms with Crippen LogP contribution in [0.2, 0.25) is 0 Å². The van der Waals surface area contributed by atoms with Crippen molar-refractivity contribution in [3.63, 3.8) is 0 Å². The van der Waals surface area contributed by atoms with Gasteiger partial charge in [-0.25, -0.2) is 0 Å². The minimum Gasteiger partial charge on any atom is -0.395 e. The lowest BCUT2D eigenvalue weighted by molar-refractivity contribution is 0.0927. The fourth-order valence-electron chi connectivity index (χ4n) is 2.89. The molecule has 3 N–H and O–H groups in total. The third-order valence-corrected chi connectivity index (χ3v) is 4.39. The molecule has 2 rings (SSSR count). The van der Waals surface area contributed by atoms with Crippen molar-refractivity contribution < 1.29 is 4.79 Å². The number of anilines is 1. The van der Waals surface area contributed by atoms with Crippen LogP contribution in [0.15, 0.2) is 0 Å². The highest BCUT2D eigenvalue weighted by atomic mass is 16.2. The van der Waals surface area contributed by atoms with E-state index in [0.717, 1.165) is 44.7 Å². The molecule has 0 saturated carbocycles. The number of hydrogen-bond acceptors (Lipinski definition) is 4. The van der Waals surface area contributed by atoms with Crippen molar-refractivity contribution in [2.45, 2.75) is 40.2 Å².